The van der Waals surface area contributed by atoms with Gasteiger partial charge < -0.3 is 9.30 Å². The number of carbonyl (C=O) groups is 2. The van der Waals surface area contributed by atoms with Crippen molar-refractivity contribution < 1.29 is 18.7 Å². The van der Waals surface area contributed by atoms with Gasteiger partial charge in [0.1, 0.15) is 12.2 Å². The lowest BCUT2D eigenvalue weighted by atomic mass is 10.1. The molecular formula is C23H20FN3O3S. The molecule has 3 aromatic rings. The van der Waals surface area contributed by atoms with Crippen molar-refractivity contribution in [3.8, 4) is 5.75 Å². The number of para-hydroxylation sites is 2. The lowest BCUT2D eigenvalue weighted by Gasteiger charge is -2.27. The van der Waals surface area contributed by atoms with Crippen LogP contribution in [0.15, 0.2) is 60.3 Å². The predicted molar refractivity (Wildman–Crippen MR) is 120 cm³/mol. The maximum absolute atomic E-state index is 13.8. The van der Waals surface area contributed by atoms with Gasteiger partial charge in [-0.3, -0.25) is 19.8 Å². The average Bonchev–Trinajstić information content (AvgIpc) is 3.10. The van der Waals surface area contributed by atoms with Crippen molar-refractivity contribution in [1.29, 1.82) is 0 Å². The van der Waals surface area contributed by atoms with E-state index in [1.807, 2.05) is 35.0 Å². The molecule has 2 amide bonds. The first-order chi connectivity index (χ1) is 15.0. The summed E-state index contributed by atoms with van der Waals surface area (Å²) in [4.78, 5) is 26.5. The lowest BCUT2D eigenvalue weighted by Crippen LogP contribution is -2.53. The van der Waals surface area contributed by atoms with Crippen molar-refractivity contribution in [2.45, 2.75) is 13.5 Å². The Morgan fingerprint density at radius 1 is 1.13 bits per heavy atom. The minimum Gasteiger partial charge on any atom is -0.489 e. The number of halogens is 1. The summed E-state index contributed by atoms with van der Waals surface area (Å²) < 4.78 is 21.3. The fourth-order valence-electron chi connectivity index (χ4n) is 3.53. The number of benzene rings is 2. The van der Waals surface area contributed by atoms with Gasteiger partial charge in [0.15, 0.2) is 16.7 Å². The Hall–Kier alpha value is -3.52. The van der Waals surface area contributed by atoms with E-state index in [1.165, 1.54) is 11.0 Å². The Kier molecular flexibility index (Phi) is 5.81. The summed E-state index contributed by atoms with van der Waals surface area (Å²) in [5.41, 5.74) is 1.67. The van der Waals surface area contributed by atoms with E-state index in [9.17, 15) is 14.0 Å². The molecule has 1 fully saturated rings. The van der Waals surface area contributed by atoms with Gasteiger partial charge in [-0.15, -0.1) is 0 Å². The van der Waals surface area contributed by atoms with E-state index < -0.39 is 17.6 Å². The fourth-order valence-corrected chi connectivity index (χ4v) is 3.83. The van der Waals surface area contributed by atoms with Crippen LogP contribution in [0.4, 0.5) is 4.39 Å². The highest BCUT2D eigenvalue weighted by molar-refractivity contribution is 7.80. The fraction of sp³-hybridized carbons (Fsp3) is 0.174. The van der Waals surface area contributed by atoms with Crippen molar-refractivity contribution in [3.63, 3.8) is 0 Å². The van der Waals surface area contributed by atoms with E-state index >= 15 is 0 Å². The van der Waals surface area contributed by atoms with Gasteiger partial charge in [0, 0.05) is 29.2 Å². The van der Waals surface area contributed by atoms with Crippen LogP contribution in [0.1, 0.15) is 12.5 Å². The number of hydrogen-bond donors (Lipinski definition) is 1. The molecule has 1 saturated heterocycles. The largest absolute Gasteiger partial charge is 0.489 e. The van der Waals surface area contributed by atoms with Crippen molar-refractivity contribution in [2.24, 2.45) is 0 Å². The first-order valence-corrected chi connectivity index (χ1v) is 10.2. The number of aromatic nitrogens is 1. The molecule has 0 spiro atoms. The van der Waals surface area contributed by atoms with Crippen LogP contribution >= 0.6 is 12.2 Å². The molecular weight excluding hydrogens is 417 g/mol. The van der Waals surface area contributed by atoms with Crippen LogP contribution in [0.25, 0.3) is 17.0 Å². The molecule has 4 rings (SSSR count). The molecule has 1 N–H and O–H groups in total. The Morgan fingerprint density at radius 2 is 1.87 bits per heavy atom. The molecule has 0 bridgehead atoms. The van der Waals surface area contributed by atoms with Gasteiger partial charge in [-0.2, -0.15) is 0 Å². The predicted octanol–water partition coefficient (Wildman–Crippen LogP) is 3.51. The van der Waals surface area contributed by atoms with E-state index in [0.29, 0.717) is 13.1 Å². The number of thiocarbonyl (C=S) groups is 1. The first-order valence-electron chi connectivity index (χ1n) is 9.83. The number of carbonyl (C=O) groups excluding carboxylic acids is 2. The molecule has 0 atom stereocenters. The number of likely N-dealkylation sites (N-methyl/N-ethyl adjacent to an activating group) is 1. The standard InChI is InChI=1S/C23H20FN3O3S/c1-2-27-22(29)17(21(28)25-23(27)31)13-15-14-26(19-9-5-3-7-16(15)19)11-12-30-20-10-6-4-8-18(20)24/h3-10,13-14H,2,11-12H2,1H3,(H,25,28,31)/b17-13+. The topological polar surface area (TPSA) is 63.6 Å². The number of ether oxygens (including phenoxy) is 1. The second kappa shape index (κ2) is 8.69. The molecule has 6 nitrogen and oxygen atoms in total. The minimum absolute atomic E-state index is 0.0287. The third-order valence-corrected chi connectivity index (χ3v) is 5.37. The molecule has 1 aliphatic rings. The number of nitrogens with one attached hydrogen (secondary N) is 1. The summed E-state index contributed by atoms with van der Waals surface area (Å²) in [6, 6.07) is 13.9. The SMILES string of the molecule is CCN1C(=O)/C(=C/c2cn(CCOc3ccccc3F)c3ccccc23)C(=O)NC1=S. The Bertz CT molecular complexity index is 1220. The summed E-state index contributed by atoms with van der Waals surface area (Å²) in [6.07, 6.45) is 3.44. The molecule has 0 radical (unpaired) electrons. The van der Waals surface area contributed by atoms with Crippen LogP contribution < -0.4 is 10.1 Å². The summed E-state index contributed by atoms with van der Waals surface area (Å²) in [5.74, 6) is -1.15. The average molecular weight is 437 g/mol. The zero-order valence-electron chi connectivity index (χ0n) is 16.8. The second-order valence-corrected chi connectivity index (χ2v) is 7.33. The number of fused-ring (bicyclic) bond motifs is 1. The third-order valence-electron chi connectivity index (χ3n) is 5.05. The van der Waals surface area contributed by atoms with Gasteiger partial charge in [0.25, 0.3) is 11.8 Å². The molecule has 31 heavy (non-hydrogen) atoms. The van der Waals surface area contributed by atoms with Crippen LogP contribution in [-0.2, 0) is 16.1 Å². The second-order valence-electron chi connectivity index (χ2n) is 6.94. The van der Waals surface area contributed by atoms with Crippen molar-refractivity contribution in [3.05, 3.63) is 71.7 Å². The first kappa shape index (κ1) is 20.7. The Morgan fingerprint density at radius 3 is 2.65 bits per heavy atom. The van der Waals surface area contributed by atoms with Crippen LogP contribution in [-0.4, -0.2) is 39.5 Å². The molecule has 1 aromatic heterocycles. The quantitative estimate of drug-likeness (QED) is 0.364. The third kappa shape index (κ3) is 4.06. The minimum atomic E-state index is -0.514. The molecule has 1 aliphatic heterocycles. The van der Waals surface area contributed by atoms with E-state index in [0.717, 1.165) is 16.5 Å². The highest BCUT2D eigenvalue weighted by atomic mass is 32.1. The van der Waals surface area contributed by atoms with Crippen LogP contribution in [0.2, 0.25) is 0 Å². The van der Waals surface area contributed by atoms with Gasteiger partial charge in [-0.05, 0) is 43.4 Å². The monoisotopic (exact) mass is 437 g/mol. The van der Waals surface area contributed by atoms with Crippen molar-refractivity contribution in [2.75, 3.05) is 13.2 Å². The molecule has 2 heterocycles. The number of amides is 2. The molecule has 0 unspecified atom stereocenters. The van der Waals surface area contributed by atoms with E-state index in [4.69, 9.17) is 17.0 Å². The number of rotatable bonds is 6. The maximum Gasteiger partial charge on any atom is 0.265 e. The van der Waals surface area contributed by atoms with E-state index in [2.05, 4.69) is 5.32 Å². The molecule has 0 saturated carbocycles. The van der Waals surface area contributed by atoms with Crippen LogP contribution in [0.3, 0.4) is 0 Å². The Labute approximate surface area is 183 Å². The highest BCUT2D eigenvalue weighted by Crippen LogP contribution is 2.25. The lowest BCUT2D eigenvalue weighted by molar-refractivity contribution is -0.128. The molecule has 2 aromatic carbocycles. The van der Waals surface area contributed by atoms with E-state index in [1.54, 1.807) is 31.2 Å². The van der Waals surface area contributed by atoms with Gasteiger partial charge in [-0.25, -0.2) is 4.39 Å². The summed E-state index contributed by atoms with van der Waals surface area (Å²) in [6.45, 7) is 2.88. The van der Waals surface area contributed by atoms with Gasteiger partial charge in [-0.1, -0.05) is 30.3 Å². The normalized spacial score (nSPS) is 15.6. The van der Waals surface area contributed by atoms with Gasteiger partial charge in [0.05, 0.1) is 6.54 Å². The Balaban J connectivity index is 1.63. The van der Waals surface area contributed by atoms with Crippen molar-refractivity contribution in [1.82, 2.24) is 14.8 Å². The highest BCUT2D eigenvalue weighted by Gasteiger charge is 2.32. The zero-order valence-corrected chi connectivity index (χ0v) is 17.6. The van der Waals surface area contributed by atoms with E-state index in [-0.39, 0.29) is 23.0 Å². The maximum atomic E-state index is 13.8. The zero-order chi connectivity index (χ0) is 22.0. The molecule has 8 heteroatoms. The summed E-state index contributed by atoms with van der Waals surface area (Å²) in [5, 5.41) is 3.56. The van der Waals surface area contributed by atoms with Crippen LogP contribution in [0.5, 0.6) is 5.75 Å². The molecule has 0 aliphatic carbocycles. The summed E-state index contributed by atoms with van der Waals surface area (Å²) >= 11 is 5.08. The van der Waals surface area contributed by atoms with Gasteiger partial charge in [0.2, 0.25) is 0 Å². The van der Waals surface area contributed by atoms with Crippen molar-refractivity contribution >= 4 is 46.1 Å². The van der Waals surface area contributed by atoms with Crippen LogP contribution in [0, 0.1) is 5.82 Å². The summed E-state index contributed by atoms with van der Waals surface area (Å²) in [7, 11) is 0. The number of nitrogens with zero attached hydrogens (tertiary/aromatic N) is 2. The van der Waals surface area contributed by atoms with Gasteiger partial charge >= 0.3 is 0 Å². The smallest absolute Gasteiger partial charge is 0.265 e. The number of hydrogen-bond acceptors (Lipinski definition) is 4. The molecule has 158 valence electrons.